The Morgan fingerprint density at radius 2 is 1.95 bits per heavy atom. The molecule has 0 bridgehead atoms. The molecule has 43 heavy (non-hydrogen) atoms. The summed E-state index contributed by atoms with van der Waals surface area (Å²) in [6, 6.07) is 5.16. The molecule has 1 aromatic rings. The van der Waals surface area contributed by atoms with Crippen molar-refractivity contribution in [3.05, 3.63) is 40.4 Å². The number of hydrogen-bond acceptors (Lipinski definition) is 10. The number of carboxylic acids is 2. The lowest BCUT2D eigenvalue weighted by Gasteiger charge is -2.46. The number of carbonyl (C=O) groups is 5. The lowest BCUT2D eigenvalue weighted by atomic mass is 9.79. The molecule has 2 saturated heterocycles. The van der Waals surface area contributed by atoms with Crippen molar-refractivity contribution in [2.75, 3.05) is 39.5 Å². The van der Waals surface area contributed by atoms with Gasteiger partial charge >= 0.3 is 11.9 Å². The van der Waals surface area contributed by atoms with Crippen molar-refractivity contribution >= 4 is 47.2 Å². The lowest BCUT2D eigenvalue weighted by Crippen LogP contribution is -2.63. The fourth-order valence-corrected chi connectivity index (χ4v) is 7.44. The summed E-state index contributed by atoms with van der Waals surface area (Å²) in [6.07, 6.45) is -1.82. The molecule has 2 fully saturated rings. The van der Waals surface area contributed by atoms with Crippen molar-refractivity contribution in [1.29, 1.82) is 0 Å². The number of carbonyl (C=O) groups excluding carboxylic acids is 4. The Hall–Kier alpha value is -3.46. The summed E-state index contributed by atoms with van der Waals surface area (Å²) in [4.78, 5) is 63.6. The van der Waals surface area contributed by atoms with Crippen LogP contribution in [-0.2, 0) is 23.9 Å². The number of hydrogen-bond donors (Lipinski definition) is 4. The van der Waals surface area contributed by atoms with Crippen molar-refractivity contribution in [1.82, 2.24) is 10.2 Å². The van der Waals surface area contributed by atoms with Gasteiger partial charge in [-0.2, -0.15) is 0 Å². The van der Waals surface area contributed by atoms with Gasteiger partial charge in [0.15, 0.2) is 6.10 Å². The van der Waals surface area contributed by atoms with E-state index in [9.17, 15) is 39.3 Å². The van der Waals surface area contributed by atoms with E-state index in [-0.39, 0.29) is 34.9 Å². The monoisotopic (exact) mass is 618 g/mol. The summed E-state index contributed by atoms with van der Waals surface area (Å²) < 4.78 is 5.83. The molecule has 0 aromatic heterocycles. The van der Waals surface area contributed by atoms with E-state index in [1.54, 1.807) is 12.1 Å². The van der Waals surface area contributed by atoms with Gasteiger partial charge in [-0.05, 0) is 31.5 Å². The number of anilines is 1. The average molecular weight is 619 g/mol. The highest BCUT2D eigenvalue weighted by atomic mass is 32.2. The minimum Gasteiger partial charge on any atom is -0.550 e. The number of nitrogens with zero attached hydrogens (tertiary/aromatic N) is 2. The first-order chi connectivity index (χ1) is 20.1. The Morgan fingerprint density at radius 3 is 2.56 bits per heavy atom. The van der Waals surface area contributed by atoms with E-state index in [0.717, 1.165) is 0 Å². The SMILES string of the molecule is C[C@@H](O)[C@H]1C(=O)N2C(C(=O)O)=C(S[C@@H]3CN[C@H](C(=O)Nc4cccc(C(=O)OC(CC(=O)[O-])C[N+](C)(C)C)c4)C3)[C@H](C)[C@H]12. The fraction of sp³-hybridized carbons (Fsp3) is 0.552. The molecule has 0 radical (unpaired) electrons. The summed E-state index contributed by atoms with van der Waals surface area (Å²) in [5.41, 5.74) is 0.449. The van der Waals surface area contributed by atoms with E-state index in [2.05, 4.69) is 10.6 Å². The van der Waals surface area contributed by atoms with Crippen LogP contribution in [0.5, 0.6) is 0 Å². The van der Waals surface area contributed by atoms with Crippen LogP contribution < -0.4 is 15.7 Å². The molecule has 3 aliphatic rings. The van der Waals surface area contributed by atoms with Gasteiger partial charge < -0.3 is 44.9 Å². The molecule has 0 spiro atoms. The number of carboxylic acid groups (broad SMARTS) is 2. The van der Waals surface area contributed by atoms with Crippen LogP contribution in [0.2, 0.25) is 0 Å². The van der Waals surface area contributed by atoms with Crippen molar-refractivity contribution in [3.8, 4) is 0 Å². The molecule has 2 amide bonds. The normalized spacial score (nSPS) is 26.4. The topological polar surface area (TPSA) is 185 Å². The number of aliphatic hydroxyl groups is 1. The van der Waals surface area contributed by atoms with E-state index in [4.69, 9.17) is 4.74 Å². The number of aliphatic hydroxyl groups excluding tert-OH is 1. The number of esters is 1. The number of amides is 2. The molecule has 14 heteroatoms. The van der Waals surface area contributed by atoms with Crippen LogP contribution in [0, 0.1) is 11.8 Å². The molecule has 3 aliphatic heterocycles. The van der Waals surface area contributed by atoms with Crippen LogP contribution >= 0.6 is 11.8 Å². The molecule has 13 nitrogen and oxygen atoms in total. The van der Waals surface area contributed by atoms with Gasteiger partial charge in [0.2, 0.25) is 11.8 Å². The molecule has 1 unspecified atom stereocenters. The first-order valence-electron chi connectivity index (χ1n) is 14.1. The number of fused-ring (bicyclic) bond motifs is 1. The summed E-state index contributed by atoms with van der Waals surface area (Å²) >= 11 is 1.34. The first kappa shape index (κ1) is 32.5. The maximum Gasteiger partial charge on any atom is 0.353 e. The van der Waals surface area contributed by atoms with Gasteiger partial charge in [-0.1, -0.05) is 13.0 Å². The Labute approximate surface area is 253 Å². The van der Waals surface area contributed by atoms with Gasteiger partial charge in [0.05, 0.1) is 50.8 Å². The maximum absolute atomic E-state index is 13.1. The minimum absolute atomic E-state index is 0.0516. The minimum atomic E-state index is -1.33. The number of β-lactam (4-membered cyclic amide) rings is 1. The number of quaternary nitrogens is 1. The zero-order valence-corrected chi connectivity index (χ0v) is 25.6. The van der Waals surface area contributed by atoms with Crippen LogP contribution in [0.15, 0.2) is 34.9 Å². The molecule has 0 saturated carbocycles. The Kier molecular flexibility index (Phi) is 9.54. The number of ether oxygens (including phenoxy) is 1. The second-order valence-corrected chi connectivity index (χ2v) is 13.7. The van der Waals surface area contributed by atoms with E-state index >= 15 is 0 Å². The first-order valence-corrected chi connectivity index (χ1v) is 15.0. The number of rotatable bonds is 12. The lowest BCUT2D eigenvalue weighted by molar-refractivity contribution is -0.873. The van der Waals surface area contributed by atoms with Gasteiger partial charge in [0.25, 0.3) is 0 Å². The number of thioether (sulfide) groups is 1. The van der Waals surface area contributed by atoms with Crippen molar-refractivity contribution in [3.63, 3.8) is 0 Å². The van der Waals surface area contributed by atoms with Crippen molar-refractivity contribution in [2.45, 2.75) is 56.2 Å². The van der Waals surface area contributed by atoms with Gasteiger partial charge in [-0.25, -0.2) is 9.59 Å². The molecule has 7 atom stereocenters. The standard InChI is InChI=1S/C29H38N4O9S/c1-14-23-22(15(2)34)27(38)32(23)24(28(39)40)25(14)43-19-11-20(30-12-19)26(37)31-17-8-6-7-16(9-17)29(41)42-18(10-21(35)36)13-33(3,4)5/h6-9,14-15,18-20,22-23,30,34H,10-13H2,1-5H3,(H2-,31,35,36,37,39,40)/t14-,15-,18?,19+,20+,22-,23-/m1/s1. The molecule has 1 aromatic carbocycles. The highest BCUT2D eigenvalue weighted by molar-refractivity contribution is 8.03. The second-order valence-electron chi connectivity index (χ2n) is 12.4. The molecular formula is C29H38N4O9S. The maximum atomic E-state index is 13.1. The van der Waals surface area contributed by atoms with Crippen LogP contribution in [0.1, 0.15) is 37.0 Å². The fourth-order valence-electron chi connectivity index (χ4n) is 5.96. The highest BCUT2D eigenvalue weighted by Gasteiger charge is 2.60. The Morgan fingerprint density at radius 1 is 1.26 bits per heavy atom. The van der Waals surface area contributed by atoms with Crippen molar-refractivity contribution in [2.24, 2.45) is 11.8 Å². The predicted molar refractivity (Wildman–Crippen MR) is 154 cm³/mol. The smallest absolute Gasteiger partial charge is 0.353 e. The zero-order chi connectivity index (χ0) is 31.8. The van der Waals surface area contributed by atoms with E-state index in [1.165, 1.54) is 35.7 Å². The molecule has 3 heterocycles. The van der Waals surface area contributed by atoms with Crippen molar-refractivity contribution < 1.29 is 48.5 Å². The van der Waals surface area contributed by atoms with Crippen LogP contribution in [0.25, 0.3) is 0 Å². The molecular weight excluding hydrogens is 580 g/mol. The van der Waals surface area contributed by atoms with E-state index < -0.39 is 60.4 Å². The summed E-state index contributed by atoms with van der Waals surface area (Å²) in [7, 11) is 5.54. The Balaban J connectivity index is 1.37. The number of nitrogens with one attached hydrogen (secondary N) is 2. The zero-order valence-electron chi connectivity index (χ0n) is 24.7. The largest absolute Gasteiger partial charge is 0.550 e. The highest BCUT2D eigenvalue weighted by Crippen LogP contribution is 2.51. The molecule has 234 valence electrons. The van der Waals surface area contributed by atoms with Gasteiger partial charge in [-0.15, -0.1) is 11.8 Å². The summed E-state index contributed by atoms with van der Waals surface area (Å²) in [6.45, 7) is 4.08. The van der Waals surface area contributed by atoms with E-state index in [0.29, 0.717) is 28.0 Å². The second kappa shape index (κ2) is 12.6. The Bertz CT molecular complexity index is 1340. The summed E-state index contributed by atoms with van der Waals surface area (Å²) in [5.74, 6) is -4.89. The molecule has 0 aliphatic carbocycles. The third-order valence-corrected chi connectivity index (χ3v) is 9.31. The molecule has 4 rings (SSSR count). The third kappa shape index (κ3) is 7.20. The van der Waals surface area contributed by atoms with Gasteiger partial charge in [0, 0.05) is 40.7 Å². The predicted octanol–water partition coefficient (Wildman–Crippen LogP) is -0.386. The average Bonchev–Trinajstić information content (AvgIpc) is 3.44. The quantitative estimate of drug-likeness (QED) is 0.136. The van der Waals surface area contributed by atoms with Crippen LogP contribution in [0.4, 0.5) is 5.69 Å². The third-order valence-electron chi connectivity index (χ3n) is 7.80. The van der Waals surface area contributed by atoms with Gasteiger partial charge in [-0.3, -0.25) is 9.59 Å². The summed E-state index contributed by atoms with van der Waals surface area (Å²) in [5, 5.41) is 36.9. The van der Waals surface area contributed by atoms with Crippen LogP contribution in [-0.4, -0.2) is 113 Å². The molecule has 4 N–H and O–H groups in total. The number of likely N-dealkylation sites (N-methyl/N-ethyl adjacent to an activating group) is 1. The van der Waals surface area contributed by atoms with Crippen LogP contribution in [0.3, 0.4) is 0 Å². The van der Waals surface area contributed by atoms with E-state index in [1.807, 2.05) is 28.1 Å². The number of benzene rings is 1. The van der Waals surface area contributed by atoms with Gasteiger partial charge in [0.1, 0.15) is 12.2 Å². The number of aliphatic carboxylic acids is 2.